The van der Waals surface area contributed by atoms with Gasteiger partial charge in [-0.05, 0) is 18.6 Å². The summed E-state index contributed by atoms with van der Waals surface area (Å²) in [4.78, 5) is 4.07. The summed E-state index contributed by atoms with van der Waals surface area (Å²) in [5.41, 5.74) is 7.95. The number of aromatic nitrogens is 2. The number of nitrogens with two attached hydrogens (primary N) is 1. The molecule has 0 fully saturated rings. The van der Waals surface area contributed by atoms with Crippen molar-refractivity contribution in [1.82, 2.24) is 9.55 Å². The van der Waals surface area contributed by atoms with E-state index in [1.807, 2.05) is 23.0 Å². The molecule has 3 heteroatoms. The predicted octanol–water partition coefficient (Wildman–Crippen LogP) is 1.26. The average molecular weight is 161 g/mol. The van der Waals surface area contributed by atoms with Crippen LogP contribution in [0, 0.1) is 6.92 Å². The largest absolute Gasteiger partial charge is 0.334 e. The van der Waals surface area contributed by atoms with Gasteiger partial charge in [-0.15, -0.1) is 0 Å². The third-order valence-electron chi connectivity index (χ3n) is 2.08. The molecule has 0 aliphatic heterocycles. The Hall–Kier alpha value is -1.35. The molecule has 0 saturated carbocycles. The van der Waals surface area contributed by atoms with Crippen molar-refractivity contribution in [2.45, 2.75) is 13.6 Å². The molecule has 2 heterocycles. The van der Waals surface area contributed by atoms with E-state index >= 15 is 0 Å². The van der Waals surface area contributed by atoms with Crippen LogP contribution in [0.2, 0.25) is 0 Å². The molecule has 0 aliphatic carbocycles. The highest BCUT2D eigenvalue weighted by atomic mass is 15.0. The summed E-state index contributed by atoms with van der Waals surface area (Å²) >= 11 is 0. The van der Waals surface area contributed by atoms with Crippen molar-refractivity contribution in [1.29, 1.82) is 0 Å². The fourth-order valence-corrected chi connectivity index (χ4v) is 1.47. The summed E-state index contributed by atoms with van der Waals surface area (Å²) in [5.74, 6) is 0. The lowest BCUT2D eigenvalue weighted by molar-refractivity contribution is 0.762. The molecule has 0 aliphatic rings. The van der Waals surface area contributed by atoms with Gasteiger partial charge in [-0.2, -0.15) is 0 Å². The lowest BCUT2D eigenvalue weighted by atomic mass is 10.2. The second-order valence-electron chi connectivity index (χ2n) is 2.86. The monoisotopic (exact) mass is 161 g/mol. The van der Waals surface area contributed by atoms with Crippen LogP contribution >= 0.6 is 0 Å². The van der Waals surface area contributed by atoms with E-state index in [1.54, 1.807) is 6.20 Å². The van der Waals surface area contributed by atoms with Crippen molar-refractivity contribution < 1.29 is 0 Å². The summed E-state index contributed by atoms with van der Waals surface area (Å²) in [6.45, 7) is 2.59. The van der Waals surface area contributed by atoms with Gasteiger partial charge in [0.2, 0.25) is 0 Å². The Morgan fingerprint density at radius 1 is 1.58 bits per heavy atom. The maximum Gasteiger partial charge on any atom is 0.0701 e. The first-order valence-corrected chi connectivity index (χ1v) is 3.92. The minimum atomic E-state index is 0.522. The van der Waals surface area contributed by atoms with Crippen molar-refractivity contribution >= 4 is 10.9 Å². The Kier molecular flexibility index (Phi) is 1.59. The number of hydrogen-bond acceptors (Lipinski definition) is 2. The van der Waals surface area contributed by atoms with Crippen LogP contribution in [0.4, 0.5) is 0 Å². The minimum Gasteiger partial charge on any atom is -0.334 e. The molecule has 0 aromatic carbocycles. The van der Waals surface area contributed by atoms with Gasteiger partial charge in [0.05, 0.1) is 12.2 Å². The molecule has 0 bridgehead atoms. The molecule has 62 valence electrons. The number of rotatable bonds is 1. The Morgan fingerprint density at radius 3 is 3.17 bits per heavy atom. The third kappa shape index (κ3) is 0.905. The molecule has 0 spiro atoms. The van der Waals surface area contributed by atoms with Crippen molar-refractivity contribution in [2.24, 2.45) is 5.73 Å². The van der Waals surface area contributed by atoms with E-state index in [1.165, 1.54) is 10.9 Å². The van der Waals surface area contributed by atoms with Crippen molar-refractivity contribution in [2.75, 3.05) is 0 Å². The summed E-state index contributed by atoms with van der Waals surface area (Å²) < 4.78 is 2.02. The number of hydrogen-bond donors (Lipinski definition) is 1. The van der Waals surface area contributed by atoms with Gasteiger partial charge in [-0.25, -0.2) is 0 Å². The van der Waals surface area contributed by atoms with Crippen LogP contribution < -0.4 is 5.73 Å². The summed E-state index contributed by atoms with van der Waals surface area (Å²) in [6.07, 6.45) is 5.71. The van der Waals surface area contributed by atoms with Crippen LogP contribution in [0.25, 0.3) is 10.9 Å². The quantitative estimate of drug-likeness (QED) is 0.684. The zero-order valence-electron chi connectivity index (χ0n) is 6.99. The standard InChI is InChI=1S/C9H11N3/c1-7-5-12(6-10)9-2-3-11-4-8(7)9/h2-5H,6,10H2,1H3. The predicted molar refractivity (Wildman–Crippen MR) is 48.7 cm³/mol. The Bertz CT molecular complexity index is 403. The van der Waals surface area contributed by atoms with E-state index in [0.29, 0.717) is 6.67 Å². The average Bonchev–Trinajstić information content (AvgIpc) is 2.44. The second-order valence-corrected chi connectivity index (χ2v) is 2.86. The van der Waals surface area contributed by atoms with E-state index in [2.05, 4.69) is 11.9 Å². The molecule has 0 unspecified atom stereocenters. The van der Waals surface area contributed by atoms with Crippen LogP contribution in [-0.2, 0) is 6.67 Å². The maximum atomic E-state index is 5.57. The van der Waals surface area contributed by atoms with Crippen molar-refractivity contribution in [3.8, 4) is 0 Å². The van der Waals surface area contributed by atoms with Gasteiger partial charge in [-0.3, -0.25) is 4.98 Å². The topological polar surface area (TPSA) is 43.8 Å². The van der Waals surface area contributed by atoms with Crippen LogP contribution in [0.15, 0.2) is 24.7 Å². The molecule has 0 atom stereocenters. The van der Waals surface area contributed by atoms with E-state index in [9.17, 15) is 0 Å². The van der Waals surface area contributed by atoms with Gasteiger partial charge in [-0.1, -0.05) is 0 Å². The highest BCUT2D eigenvalue weighted by Gasteiger charge is 2.02. The first-order chi connectivity index (χ1) is 5.83. The van der Waals surface area contributed by atoms with Crippen LogP contribution in [0.3, 0.4) is 0 Å². The van der Waals surface area contributed by atoms with E-state index in [0.717, 1.165) is 5.52 Å². The molecule has 3 nitrogen and oxygen atoms in total. The zero-order valence-corrected chi connectivity index (χ0v) is 6.99. The lowest BCUT2D eigenvalue weighted by Gasteiger charge is -1.97. The molecule has 2 aromatic heterocycles. The van der Waals surface area contributed by atoms with Crippen LogP contribution in [0.1, 0.15) is 5.56 Å². The SMILES string of the molecule is Cc1cn(CN)c2ccncc12. The number of fused-ring (bicyclic) bond motifs is 1. The summed E-state index contributed by atoms with van der Waals surface area (Å²) in [7, 11) is 0. The van der Waals surface area contributed by atoms with E-state index < -0.39 is 0 Å². The number of aryl methyl sites for hydroxylation is 1. The molecule has 2 N–H and O–H groups in total. The van der Waals surface area contributed by atoms with E-state index in [4.69, 9.17) is 5.73 Å². The molecule has 12 heavy (non-hydrogen) atoms. The van der Waals surface area contributed by atoms with Crippen LogP contribution in [-0.4, -0.2) is 9.55 Å². The normalized spacial score (nSPS) is 10.8. The van der Waals surface area contributed by atoms with Gasteiger partial charge in [0.25, 0.3) is 0 Å². The molecule has 2 rings (SSSR count). The van der Waals surface area contributed by atoms with Gasteiger partial charge in [0.1, 0.15) is 0 Å². The molecule has 0 amide bonds. The molecule has 2 aromatic rings. The van der Waals surface area contributed by atoms with Gasteiger partial charge in [0.15, 0.2) is 0 Å². The Labute approximate surface area is 70.8 Å². The fraction of sp³-hybridized carbons (Fsp3) is 0.222. The minimum absolute atomic E-state index is 0.522. The first-order valence-electron chi connectivity index (χ1n) is 3.92. The molecule has 0 radical (unpaired) electrons. The summed E-state index contributed by atoms with van der Waals surface area (Å²) in [6, 6.07) is 1.98. The Morgan fingerprint density at radius 2 is 2.42 bits per heavy atom. The molecular formula is C9H11N3. The smallest absolute Gasteiger partial charge is 0.0701 e. The Balaban J connectivity index is 2.82. The first kappa shape index (κ1) is 7.31. The van der Waals surface area contributed by atoms with Crippen LogP contribution in [0.5, 0.6) is 0 Å². The fourth-order valence-electron chi connectivity index (χ4n) is 1.47. The zero-order chi connectivity index (χ0) is 8.55. The third-order valence-corrected chi connectivity index (χ3v) is 2.08. The van der Waals surface area contributed by atoms with Crippen molar-refractivity contribution in [3.05, 3.63) is 30.2 Å². The molecular weight excluding hydrogens is 150 g/mol. The lowest BCUT2D eigenvalue weighted by Crippen LogP contribution is -2.04. The summed E-state index contributed by atoms with van der Waals surface area (Å²) in [5, 5.41) is 1.18. The van der Waals surface area contributed by atoms with Gasteiger partial charge < -0.3 is 10.3 Å². The van der Waals surface area contributed by atoms with Gasteiger partial charge in [0, 0.05) is 24.0 Å². The second kappa shape index (κ2) is 2.60. The highest BCUT2D eigenvalue weighted by molar-refractivity contribution is 5.82. The molecule has 0 saturated heterocycles. The van der Waals surface area contributed by atoms with Crippen molar-refractivity contribution in [3.63, 3.8) is 0 Å². The maximum absolute atomic E-state index is 5.57. The number of pyridine rings is 1. The van der Waals surface area contributed by atoms with E-state index in [-0.39, 0.29) is 0 Å². The van der Waals surface area contributed by atoms with Gasteiger partial charge >= 0.3 is 0 Å². The highest BCUT2D eigenvalue weighted by Crippen LogP contribution is 2.17. The number of nitrogens with zero attached hydrogens (tertiary/aromatic N) is 2.